The molecule has 6 heteroatoms. The van der Waals surface area contributed by atoms with Crippen molar-refractivity contribution in [3.8, 4) is 5.88 Å². The Labute approximate surface area is 118 Å². The van der Waals surface area contributed by atoms with E-state index in [2.05, 4.69) is 15.3 Å². The van der Waals surface area contributed by atoms with Gasteiger partial charge in [-0.15, -0.1) is 0 Å². The molecule has 0 unspecified atom stereocenters. The molecule has 0 saturated carbocycles. The van der Waals surface area contributed by atoms with E-state index in [9.17, 15) is 4.79 Å². The van der Waals surface area contributed by atoms with Crippen LogP contribution < -0.4 is 10.1 Å². The lowest BCUT2D eigenvalue weighted by Crippen LogP contribution is -2.34. The first kappa shape index (κ1) is 14.3. The Morgan fingerprint density at radius 3 is 2.90 bits per heavy atom. The average molecular weight is 276 g/mol. The summed E-state index contributed by atoms with van der Waals surface area (Å²) in [4.78, 5) is 22.2. The summed E-state index contributed by atoms with van der Waals surface area (Å²) in [7, 11) is 0. The fraction of sp³-hybridized carbons (Fsp3) is 0.500. The number of nitrogens with zero attached hydrogens (tertiary/aromatic N) is 3. The van der Waals surface area contributed by atoms with Gasteiger partial charge in [-0.3, -0.25) is 9.79 Å². The van der Waals surface area contributed by atoms with E-state index in [0.717, 1.165) is 24.5 Å². The highest BCUT2D eigenvalue weighted by molar-refractivity contribution is 6.01. The predicted molar refractivity (Wildman–Crippen MR) is 77.1 cm³/mol. The monoisotopic (exact) mass is 276 g/mol. The van der Waals surface area contributed by atoms with Gasteiger partial charge in [-0.25, -0.2) is 4.98 Å². The molecular weight excluding hydrogens is 256 g/mol. The minimum Gasteiger partial charge on any atom is -0.467 e. The number of carbonyl (C=O) groups excluding carboxylic acids is 1. The predicted octanol–water partition coefficient (Wildman–Crippen LogP) is 0.679. The van der Waals surface area contributed by atoms with Crippen LogP contribution in [0.1, 0.15) is 19.4 Å². The maximum atomic E-state index is 11.9. The Kier molecular flexibility index (Phi) is 4.92. The summed E-state index contributed by atoms with van der Waals surface area (Å²) in [6.45, 7) is 6.84. The maximum Gasteiger partial charge on any atom is 0.260 e. The molecule has 0 bridgehead atoms. The van der Waals surface area contributed by atoms with Crippen LogP contribution in [0.3, 0.4) is 0 Å². The molecule has 0 aliphatic carbocycles. The standard InChI is InChI=1S/C14H20N4O2/c1-3-18(4-2)12(19)10-20-14-11(6-5-7-17-14)13-15-8-9-16-13/h5-7H,3-4,8-10H2,1-2H3,(H,15,16). The Balaban J connectivity index is 2.04. The number of aromatic nitrogens is 1. The number of ether oxygens (including phenoxy) is 1. The van der Waals surface area contributed by atoms with E-state index in [1.54, 1.807) is 11.1 Å². The molecule has 1 aromatic rings. The molecule has 1 N–H and O–H groups in total. The van der Waals surface area contributed by atoms with Crippen LogP contribution in [-0.2, 0) is 4.79 Å². The van der Waals surface area contributed by atoms with Crippen molar-refractivity contribution in [2.75, 3.05) is 32.8 Å². The number of hydrogen-bond donors (Lipinski definition) is 1. The molecule has 1 aliphatic heterocycles. The van der Waals surface area contributed by atoms with Crippen LogP contribution in [0.4, 0.5) is 0 Å². The number of nitrogens with one attached hydrogen (secondary N) is 1. The third-order valence-electron chi connectivity index (χ3n) is 3.15. The van der Waals surface area contributed by atoms with Crippen molar-refractivity contribution >= 4 is 11.7 Å². The van der Waals surface area contributed by atoms with Gasteiger partial charge in [0, 0.05) is 25.8 Å². The third kappa shape index (κ3) is 3.26. The second-order valence-corrected chi connectivity index (χ2v) is 4.37. The zero-order valence-corrected chi connectivity index (χ0v) is 11.9. The van der Waals surface area contributed by atoms with Gasteiger partial charge < -0.3 is 15.0 Å². The first-order valence-electron chi connectivity index (χ1n) is 6.90. The van der Waals surface area contributed by atoms with Gasteiger partial charge in [0.25, 0.3) is 5.91 Å². The summed E-state index contributed by atoms with van der Waals surface area (Å²) in [5.74, 6) is 1.19. The number of carbonyl (C=O) groups is 1. The van der Waals surface area contributed by atoms with Crippen LogP contribution in [0.2, 0.25) is 0 Å². The van der Waals surface area contributed by atoms with Crippen molar-refractivity contribution in [1.82, 2.24) is 15.2 Å². The highest BCUT2D eigenvalue weighted by atomic mass is 16.5. The quantitative estimate of drug-likeness (QED) is 0.829. The second kappa shape index (κ2) is 6.88. The summed E-state index contributed by atoms with van der Waals surface area (Å²) < 4.78 is 5.57. The molecular formula is C14H20N4O2. The molecule has 0 spiro atoms. The zero-order valence-electron chi connectivity index (χ0n) is 11.9. The van der Waals surface area contributed by atoms with Gasteiger partial charge in [0.1, 0.15) is 5.84 Å². The first-order chi connectivity index (χ1) is 9.76. The van der Waals surface area contributed by atoms with Gasteiger partial charge >= 0.3 is 0 Å². The molecule has 108 valence electrons. The van der Waals surface area contributed by atoms with Crippen molar-refractivity contribution in [2.45, 2.75) is 13.8 Å². The van der Waals surface area contributed by atoms with E-state index in [1.165, 1.54) is 0 Å². The number of pyridine rings is 1. The summed E-state index contributed by atoms with van der Waals surface area (Å²) >= 11 is 0. The van der Waals surface area contributed by atoms with Gasteiger partial charge in [-0.05, 0) is 26.0 Å². The van der Waals surface area contributed by atoms with E-state index in [1.807, 2.05) is 26.0 Å². The Morgan fingerprint density at radius 2 is 2.25 bits per heavy atom. The molecule has 1 aliphatic rings. The SMILES string of the molecule is CCN(CC)C(=O)COc1ncccc1C1=NCCN1. The molecule has 0 atom stereocenters. The fourth-order valence-corrected chi connectivity index (χ4v) is 2.06. The van der Waals surface area contributed by atoms with Crippen molar-refractivity contribution in [3.63, 3.8) is 0 Å². The molecule has 0 aromatic carbocycles. The smallest absolute Gasteiger partial charge is 0.260 e. The molecule has 0 radical (unpaired) electrons. The van der Waals surface area contributed by atoms with Crippen LogP contribution in [0.5, 0.6) is 5.88 Å². The summed E-state index contributed by atoms with van der Waals surface area (Å²) in [6.07, 6.45) is 1.65. The number of likely N-dealkylation sites (N-methyl/N-ethyl adjacent to an activating group) is 1. The van der Waals surface area contributed by atoms with Crippen LogP contribution in [0.15, 0.2) is 23.3 Å². The van der Waals surface area contributed by atoms with Gasteiger partial charge in [0.05, 0.1) is 12.1 Å². The van der Waals surface area contributed by atoms with Crippen LogP contribution in [-0.4, -0.2) is 54.4 Å². The summed E-state index contributed by atoms with van der Waals surface area (Å²) in [6, 6.07) is 3.72. The number of amides is 1. The van der Waals surface area contributed by atoms with E-state index >= 15 is 0 Å². The molecule has 6 nitrogen and oxygen atoms in total. The average Bonchev–Trinajstić information content (AvgIpc) is 3.01. The van der Waals surface area contributed by atoms with Crippen molar-refractivity contribution in [2.24, 2.45) is 4.99 Å². The van der Waals surface area contributed by atoms with Crippen molar-refractivity contribution in [1.29, 1.82) is 0 Å². The lowest BCUT2D eigenvalue weighted by Gasteiger charge is -2.19. The number of rotatable bonds is 6. The first-order valence-corrected chi connectivity index (χ1v) is 6.90. The van der Waals surface area contributed by atoms with Gasteiger partial charge in [-0.1, -0.05) is 0 Å². The Morgan fingerprint density at radius 1 is 1.45 bits per heavy atom. The molecule has 1 aromatic heterocycles. The van der Waals surface area contributed by atoms with Crippen LogP contribution >= 0.6 is 0 Å². The Bertz CT molecular complexity index is 498. The van der Waals surface area contributed by atoms with Gasteiger partial charge in [-0.2, -0.15) is 0 Å². The van der Waals surface area contributed by atoms with Crippen LogP contribution in [0, 0.1) is 0 Å². The fourth-order valence-electron chi connectivity index (χ4n) is 2.06. The summed E-state index contributed by atoms with van der Waals surface area (Å²) in [5.41, 5.74) is 0.803. The van der Waals surface area contributed by atoms with Crippen LogP contribution in [0.25, 0.3) is 0 Å². The molecule has 0 saturated heterocycles. The molecule has 0 fully saturated rings. The lowest BCUT2D eigenvalue weighted by molar-refractivity contribution is -0.133. The third-order valence-corrected chi connectivity index (χ3v) is 3.15. The minimum absolute atomic E-state index is 0.00102. The normalized spacial score (nSPS) is 13.6. The molecule has 2 heterocycles. The molecule has 20 heavy (non-hydrogen) atoms. The van der Waals surface area contributed by atoms with E-state index in [-0.39, 0.29) is 12.5 Å². The maximum absolute atomic E-state index is 11.9. The Hall–Kier alpha value is -2.11. The van der Waals surface area contributed by atoms with Crippen molar-refractivity contribution < 1.29 is 9.53 Å². The van der Waals surface area contributed by atoms with E-state index < -0.39 is 0 Å². The highest BCUT2D eigenvalue weighted by Crippen LogP contribution is 2.16. The number of aliphatic imine (C=N–C) groups is 1. The molecule has 2 rings (SSSR count). The lowest BCUT2D eigenvalue weighted by atomic mass is 10.2. The van der Waals surface area contributed by atoms with Gasteiger partial charge in [0.15, 0.2) is 6.61 Å². The minimum atomic E-state index is -0.0343. The van der Waals surface area contributed by atoms with Crippen molar-refractivity contribution in [3.05, 3.63) is 23.9 Å². The number of hydrogen-bond acceptors (Lipinski definition) is 5. The molecule has 1 amide bonds. The topological polar surface area (TPSA) is 66.8 Å². The zero-order chi connectivity index (χ0) is 14.4. The van der Waals surface area contributed by atoms with E-state index in [4.69, 9.17) is 4.74 Å². The second-order valence-electron chi connectivity index (χ2n) is 4.37. The number of amidine groups is 1. The van der Waals surface area contributed by atoms with Gasteiger partial charge in [0.2, 0.25) is 5.88 Å². The summed E-state index contributed by atoms with van der Waals surface area (Å²) in [5, 5.41) is 3.18. The largest absolute Gasteiger partial charge is 0.467 e. The van der Waals surface area contributed by atoms with E-state index in [0.29, 0.717) is 19.0 Å². The highest BCUT2D eigenvalue weighted by Gasteiger charge is 2.16.